The molecule has 41 heavy (non-hydrogen) atoms. The Morgan fingerprint density at radius 1 is 0.878 bits per heavy atom. The molecule has 210 valence electrons. The first-order chi connectivity index (χ1) is 20.0. The standard InChI is InChI=1S/C34H36N4O3/c1-2-28(24-11-5-3-6-12-24)36-31(39)29-26-15-9-10-16-27(26)32(40)38(25-13-7-4-8-14-25)30(29)33(41)37-21-18-34(19-22-37)17-20-35-23-34/h3-16,28,35H,2,17-23H2,1H3,(H,36,39)/t28-/m0/s1. The first-order valence-corrected chi connectivity index (χ1v) is 14.6. The predicted octanol–water partition coefficient (Wildman–Crippen LogP) is 5.09. The summed E-state index contributed by atoms with van der Waals surface area (Å²) in [5, 5.41) is 7.56. The van der Waals surface area contributed by atoms with Crippen molar-refractivity contribution in [2.75, 3.05) is 26.2 Å². The lowest BCUT2D eigenvalue weighted by Crippen LogP contribution is -2.46. The number of benzene rings is 3. The second-order valence-corrected chi connectivity index (χ2v) is 11.3. The molecule has 0 unspecified atom stereocenters. The van der Waals surface area contributed by atoms with Crippen molar-refractivity contribution in [2.24, 2.45) is 5.41 Å². The van der Waals surface area contributed by atoms with Crippen LogP contribution >= 0.6 is 0 Å². The first kappa shape index (κ1) is 27.0. The Labute approximate surface area is 240 Å². The smallest absolute Gasteiger partial charge is 0.271 e. The van der Waals surface area contributed by atoms with E-state index in [0.717, 1.165) is 37.9 Å². The molecule has 2 aliphatic rings. The van der Waals surface area contributed by atoms with Gasteiger partial charge in [-0.05, 0) is 61.4 Å². The van der Waals surface area contributed by atoms with Gasteiger partial charge in [-0.3, -0.25) is 19.0 Å². The third-order valence-electron chi connectivity index (χ3n) is 8.89. The monoisotopic (exact) mass is 548 g/mol. The number of piperidine rings is 1. The summed E-state index contributed by atoms with van der Waals surface area (Å²) >= 11 is 0. The van der Waals surface area contributed by atoms with E-state index in [1.165, 1.54) is 4.57 Å². The number of para-hydroxylation sites is 1. The lowest BCUT2D eigenvalue weighted by atomic mass is 9.78. The second-order valence-electron chi connectivity index (χ2n) is 11.3. The van der Waals surface area contributed by atoms with E-state index in [1.807, 2.05) is 78.6 Å². The second kappa shape index (κ2) is 11.3. The molecule has 0 radical (unpaired) electrons. The molecule has 3 aromatic carbocycles. The molecule has 0 aliphatic carbocycles. The van der Waals surface area contributed by atoms with Crippen molar-refractivity contribution in [3.05, 3.63) is 112 Å². The Balaban J connectivity index is 1.51. The van der Waals surface area contributed by atoms with E-state index in [0.29, 0.717) is 36.0 Å². The fourth-order valence-corrected chi connectivity index (χ4v) is 6.50. The number of amides is 2. The zero-order valence-corrected chi connectivity index (χ0v) is 23.4. The maximum Gasteiger partial charge on any atom is 0.271 e. The number of pyridine rings is 1. The average Bonchev–Trinajstić information content (AvgIpc) is 3.48. The molecule has 3 heterocycles. The van der Waals surface area contributed by atoms with E-state index >= 15 is 0 Å². The van der Waals surface area contributed by atoms with E-state index < -0.39 is 0 Å². The molecular formula is C34H36N4O3. The molecule has 2 saturated heterocycles. The van der Waals surface area contributed by atoms with Crippen LogP contribution in [0.4, 0.5) is 0 Å². The van der Waals surface area contributed by atoms with Gasteiger partial charge in [-0.1, -0.05) is 73.7 Å². The van der Waals surface area contributed by atoms with E-state index in [-0.39, 0.29) is 40.1 Å². The summed E-state index contributed by atoms with van der Waals surface area (Å²) in [6, 6.07) is 25.9. The van der Waals surface area contributed by atoms with E-state index in [4.69, 9.17) is 0 Å². The van der Waals surface area contributed by atoms with Gasteiger partial charge in [-0.25, -0.2) is 0 Å². The maximum absolute atomic E-state index is 14.5. The summed E-state index contributed by atoms with van der Waals surface area (Å²) in [6.45, 7) is 5.20. The fraction of sp³-hybridized carbons (Fsp3) is 0.324. The van der Waals surface area contributed by atoms with E-state index in [9.17, 15) is 14.4 Å². The quantitative estimate of drug-likeness (QED) is 0.352. The van der Waals surface area contributed by atoms with Gasteiger partial charge in [-0.2, -0.15) is 0 Å². The van der Waals surface area contributed by atoms with Crippen LogP contribution in [0.25, 0.3) is 16.5 Å². The Bertz CT molecular complexity index is 1610. The summed E-state index contributed by atoms with van der Waals surface area (Å²) in [5.41, 5.74) is 1.83. The SMILES string of the molecule is CC[C@H](NC(=O)c1c(C(=O)N2CCC3(CCNC3)CC2)n(-c2ccccc2)c(=O)c2ccccc12)c1ccccc1. The Hall–Kier alpha value is -4.23. The fourth-order valence-electron chi connectivity index (χ4n) is 6.50. The zero-order chi connectivity index (χ0) is 28.4. The van der Waals surface area contributed by atoms with Crippen LogP contribution in [0.3, 0.4) is 0 Å². The van der Waals surface area contributed by atoms with Gasteiger partial charge in [0.15, 0.2) is 0 Å². The van der Waals surface area contributed by atoms with Crippen molar-refractivity contribution in [3.63, 3.8) is 0 Å². The highest BCUT2D eigenvalue weighted by Crippen LogP contribution is 2.37. The molecule has 2 aliphatic heterocycles. The number of nitrogens with zero attached hydrogens (tertiary/aromatic N) is 2. The Morgan fingerprint density at radius 3 is 2.15 bits per heavy atom. The van der Waals surface area contributed by atoms with E-state index in [2.05, 4.69) is 10.6 Å². The number of aromatic nitrogens is 1. The van der Waals surface area contributed by atoms with Gasteiger partial charge in [0.25, 0.3) is 17.4 Å². The van der Waals surface area contributed by atoms with Crippen LogP contribution in [0, 0.1) is 5.41 Å². The first-order valence-electron chi connectivity index (χ1n) is 14.6. The Morgan fingerprint density at radius 2 is 1.51 bits per heavy atom. The molecule has 1 aromatic heterocycles. The number of carbonyl (C=O) groups is 2. The third kappa shape index (κ3) is 5.06. The van der Waals surface area contributed by atoms with Crippen molar-refractivity contribution in [3.8, 4) is 5.69 Å². The number of nitrogens with one attached hydrogen (secondary N) is 2. The predicted molar refractivity (Wildman–Crippen MR) is 162 cm³/mol. The molecule has 1 spiro atoms. The highest BCUT2D eigenvalue weighted by molar-refractivity contribution is 6.15. The highest BCUT2D eigenvalue weighted by atomic mass is 16.2. The van der Waals surface area contributed by atoms with Crippen molar-refractivity contribution >= 4 is 22.6 Å². The van der Waals surface area contributed by atoms with Gasteiger partial charge in [0, 0.05) is 36.1 Å². The lowest BCUT2D eigenvalue weighted by Gasteiger charge is -2.39. The minimum atomic E-state index is -0.363. The lowest BCUT2D eigenvalue weighted by molar-refractivity contribution is 0.0594. The number of hydrogen-bond donors (Lipinski definition) is 2. The zero-order valence-electron chi connectivity index (χ0n) is 23.4. The van der Waals surface area contributed by atoms with Gasteiger partial charge >= 0.3 is 0 Å². The van der Waals surface area contributed by atoms with Crippen LogP contribution < -0.4 is 16.2 Å². The average molecular weight is 549 g/mol. The summed E-state index contributed by atoms with van der Waals surface area (Å²) in [5.74, 6) is -0.645. The molecule has 0 bridgehead atoms. The van der Waals surface area contributed by atoms with Crippen LogP contribution in [-0.2, 0) is 0 Å². The number of carbonyl (C=O) groups excluding carboxylic acids is 2. The van der Waals surface area contributed by atoms with Gasteiger partial charge in [0.05, 0.1) is 11.6 Å². The third-order valence-corrected chi connectivity index (χ3v) is 8.89. The Kier molecular flexibility index (Phi) is 7.45. The molecule has 2 N–H and O–H groups in total. The molecule has 1 atom stereocenters. The van der Waals surface area contributed by atoms with Crippen LogP contribution in [0.5, 0.6) is 0 Å². The number of hydrogen-bond acceptors (Lipinski definition) is 4. The molecule has 6 rings (SSSR count). The number of likely N-dealkylation sites (tertiary alicyclic amines) is 1. The number of rotatable bonds is 6. The highest BCUT2D eigenvalue weighted by Gasteiger charge is 2.40. The maximum atomic E-state index is 14.5. The minimum absolute atomic E-state index is 0.126. The van der Waals surface area contributed by atoms with Crippen LogP contribution in [0.2, 0.25) is 0 Å². The van der Waals surface area contributed by atoms with E-state index in [1.54, 1.807) is 18.2 Å². The van der Waals surface area contributed by atoms with Gasteiger partial charge in [0.2, 0.25) is 0 Å². The van der Waals surface area contributed by atoms with Crippen LogP contribution in [0.15, 0.2) is 89.7 Å². The molecule has 7 heteroatoms. The summed E-state index contributed by atoms with van der Waals surface area (Å²) < 4.78 is 1.45. The summed E-state index contributed by atoms with van der Waals surface area (Å²) in [4.78, 5) is 44.7. The molecule has 2 amide bonds. The van der Waals surface area contributed by atoms with Gasteiger partial charge in [0.1, 0.15) is 5.69 Å². The minimum Gasteiger partial charge on any atom is -0.345 e. The van der Waals surface area contributed by atoms with Crippen molar-refractivity contribution in [1.82, 2.24) is 20.1 Å². The molecule has 0 saturated carbocycles. The summed E-state index contributed by atoms with van der Waals surface area (Å²) in [7, 11) is 0. The summed E-state index contributed by atoms with van der Waals surface area (Å²) in [6.07, 6.45) is 3.60. The van der Waals surface area contributed by atoms with Gasteiger partial charge in [-0.15, -0.1) is 0 Å². The number of fused-ring (bicyclic) bond motifs is 1. The normalized spacial score (nSPS) is 17.0. The molecule has 7 nitrogen and oxygen atoms in total. The molecular weight excluding hydrogens is 512 g/mol. The van der Waals surface area contributed by atoms with Crippen molar-refractivity contribution in [2.45, 2.75) is 38.6 Å². The van der Waals surface area contributed by atoms with Crippen molar-refractivity contribution < 1.29 is 9.59 Å². The van der Waals surface area contributed by atoms with Crippen molar-refractivity contribution in [1.29, 1.82) is 0 Å². The molecule has 2 fully saturated rings. The van der Waals surface area contributed by atoms with Gasteiger partial charge < -0.3 is 15.5 Å². The largest absolute Gasteiger partial charge is 0.345 e. The van der Waals surface area contributed by atoms with Crippen LogP contribution in [0.1, 0.15) is 65.1 Å². The van der Waals surface area contributed by atoms with Crippen LogP contribution in [-0.4, -0.2) is 47.5 Å². The topological polar surface area (TPSA) is 83.4 Å². The molecule has 4 aromatic rings.